The van der Waals surface area contributed by atoms with E-state index >= 15 is 0 Å². The van der Waals surface area contributed by atoms with E-state index < -0.39 is 14.9 Å². The second-order valence-corrected chi connectivity index (χ2v) is 10.5. The van der Waals surface area contributed by atoms with Crippen molar-refractivity contribution in [2.45, 2.75) is 25.7 Å². The number of nitro benzene ring substituents is 1. The number of aromatic nitrogens is 2. The molecule has 1 saturated heterocycles. The summed E-state index contributed by atoms with van der Waals surface area (Å²) in [6, 6.07) is 4.81. The fourth-order valence-corrected chi connectivity index (χ4v) is 6.51. The third-order valence-corrected chi connectivity index (χ3v) is 8.57. The maximum Gasteiger partial charge on any atom is 0.269 e. The molecule has 0 saturated carbocycles. The van der Waals surface area contributed by atoms with Gasteiger partial charge in [0.25, 0.3) is 11.6 Å². The van der Waals surface area contributed by atoms with Crippen LogP contribution >= 0.6 is 11.3 Å². The van der Waals surface area contributed by atoms with Crippen LogP contribution in [0.5, 0.6) is 0 Å². The first-order valence-electron chi connectivity index (χ1n) is 9.88. The smallest absolute Gasteiger partial charge is 0.269 e. The van der Waals surface area contributed by atoms with Crippen LogP contribution in [-0.4, -0.2) is 64.6 Å². The molecule has 0 spiro atoms. The summed E-state index contributed by atoms with van der Waals surface area (Å²) in [5, 5.41) is 11.7. The highest BCUT2D eigenvalue weighted by atomic mass is 32.2. The molecule has 168 valence electrons. The van der Waals surface area contributed by atoms with E-state index in [4.69, 9.17) is 0 Å². The van der Waals surface area contributed by atoms with Crippen molar-refractivity contribution in [1.29, 1.82) is 0 Å². The standard InChI is InChI=1S/C20H21N5O5S2/c1-12-17-13(2)21-14(3)22-19(17)31-18(12)20(26)23-8-10-24(11-9-23)32(29,30)16-6-4-15(5-7-16)25(27)28/h4-7H,8-11H2,1-3H3. The molecule has 4 rings (SSSR count). The fraction of sp³-hybridized carbons (Fsp3) is 0.350. The van der Waals surface area contributed by atoms with Crippen molar-refractivity contribution in [2.75, 3.05) is 26.2 Å². The molecule has 1 aromatic carbocycles. The third-order valence-electron chi connectivity index (χ3n) is 5.49. The summed E-state index contributed by atoms with van der Waals surface area (Å²) in [5.41, 5.74) is 1.50. The van der Waals surface area contributed by atoms with Gasteiger partial charge in [-0.15, -0.1) is 11.3 Å². The van der Waals surface area contributed by atoms with E-state index in [1.165, 1.54) is 39.9 Å². The van der Waals surface area contributed by atoms with Gasteiger partial charge in [-0.1, -0.05) is 0 Å². The monoisotopic (exact) mass is 475 g/mol. The summed E-state index contributed by atoms with van der Waals surface area (Å²) in [6.07, 6.45) is 0. The molecule has 1 aliphatic rings. The Bertz CT molecular complexity index is 1330. The molecule has 0 N–H and O–H groups in total. The average Bonchev–Trinajstić information content (AvgIpc) is 3.09. The minimum atomic E-state index is -3.80. The third kappa shape index (κ3) is 3.85. The number of nitro groups is 1. The molecule has 0 aliphatic carbocycles. The zero-order valence-electron chi connectivity index (χ0n) is 17.7. The first kappa shape index (κ1) is 22.2. The Labute approximate surface area is 188 Å². The second-order valence-electron chi connectivity index (χ2n) is 7.54. The summed E-state index contributed by atoms with van der Waals surface area (Å²) in [6.45, 7) is 6.39. The predicted molar refractivity (Wildman–Crippen MR) is 119 cm³/mol. The first-order chi connectivity index (χ1) is 15.1. The van der Waals surface area contributed by atoms with Gasteiger partial charge in [0.05, 0.1) is 14.7 Å². The highest BCUT2D eigenvalue weighted by Crippen LogP contribution is 2.32. The molecular weight excluding hydrogens is 454 g/mol. The average molecular weight is 476 g/mol. The Balaban J connectivity index is 1.50. The van der Waals surface area contributed by atoms with Crippen LogP contribution < -0.4 is 0 Å². The number of aryl methyl sites for hydroxylation is 3. The van der Waals surface area contributed by atoms with E-state index in [1.807, 2.05) is 20.8 Å². The first-order valence-corrected chi connectivity index (χ1v) is 12.1. The molecule has 2 aromatic heterocycles. The van der Waals surface area contributed by atoms with Gasteiger partial charge in [-0.2, -0.15) is 4.31 Å². The van der Waals surface area contributed by atoms with Crippen LogP contribution in [0, 0.1) is 30.9 Å². The molecule has 0 unspecified atom stereocenters. The van der Waals surface area contributed by atoms with Crippen LogP contribution in [0.2, 0.25) is 0 Å². The van der Waals surface area contributed by atoms with Crippen molar-refractivity contribution in [2.24, 2.45) is 0 Å². The number of non-ortho nitro benzene ring substituents is 1. The number of hydrogen-bond acceptors (Lipinski definition) is 8. The van der Waals surface area contributed by atoms with Gasteiger partial charge in [-0.05, 0) is 38.5 Å². The van der Waals surface area contributed by atoms with Crippen LogP contribution in [0.15, 0.2) is 29.2 Å². The van der Waals surface area contributed by atoms with Crippen molar-refractivity contribution in [1.82, 2.24) is 19.2 Å². The molecule has 12 heteroatoms. The largest absolute Gasteiger partial charge is 0.335 e. The lowest BCUT2D eigenvalue weighted by Gasteiger charge is -2.33. The molecule has 1 fully saturated rings. The van der Waals surface area contributed by atoms with E-state index in [9.17, 15) is 23.3 Å². The normalized spacial score (nSPS) is 15.3. The van der Waals surface area contributed by atoms with Gasteiger partial charge in [0.15, 0.2) is 0 Å². The van der Waals surface area contributed by atoms with Crippen LogP contribution in [0.1, 0.15) is 26.8 Å². The maximum absolute atomic E-state index is 13.2. The predicted octanol–water partition coefficient (Wildman–Crippen LogP) is 2.67. The molecule has 0 bridgehead atoms. The van der Waals surface area contributed by atoms with E-state index in [-0.39, 0.29) is 42.7 Å². The Morgan fingerprint density at radius 2 is 1.69 bits per heavy atom. The van der Waals surface area contributed by atoms with Crippen molar-refractivity contribution in [3.05, 3.63) is 56.3 Å². The number of hydrogen-bond donors (Lipinski definition) is 0. The van der Waals surface area contributed by atoms with Gasteiger partial charge in [-0.25, -0.2) is 18.4 Å². The second kappa shape index (κ2) is 8.19. The van der Waals surface area contributed by atoms with Crippen molar-refractivity contribution >= 4 is 43.2 Å². The quantitative estimate of drug-likeness (QED) is 0.419. The number of thiophene rings is 1. The lowest BCUT2D eigenvalue weighted by atomic mass is 10.1. The Kier molecular flexibility index (Phi) is 5.69. The molecule has 3 heterocycles. The van der Waals surface area contributed by atoms with Crippen LogP contribution in [0.4, 0.5) is 5.69 Å². The molecular formula is C20H21N5O5S2. The fourth-order valence-electron chi connectivity index (χ4n) is 3.84. The van der Waals surface area contributed by atoms with Crippen molar-refractivity contribution in [3.63, 3.8) is 0 Å². The van der Waals surface area contributed by atoms with Gasteiger partial charge in [0.2, 0.25) is 10.0 Å². The molecule has 1 amide bonds. The number of carbonyl (C=O) groups is 1. The molecule has 3 aromatic rings. The lowest BCUT2D eigenvalue weighted by Crippen LogP contribution is -2.50. The van der Waals surface area contributed by atoms with Crippen LogP contribution in [-0.2, 0) is 10.0 Å². The van der Waals surface area contributed by atoms with Gasteiger partial charge < -0.3 is 4.90 Å². The van der Waals surface area contributed by atoms with Gasteiger partial charge in [-0.3, -0.25) is 14.9 Å². The maximum atomic E-state index is 13.2. The lowest BCUT2D eigenvalue weighted by molar-refractivity contribution is -0.384. The van der Waals surface area contributed by atoms with Gasteiger partial charge in [0, 0.05) is 49.4 Å². The number of benzene rings is 1. The molecule has 10 nitrogen and oxygen atoms in total. The highest BCUT2D eigenvalue weighted by molar-refractivity contribution is 7.89. The van der Waals surface area contributed by atoms with Crippen molar-refractivity contribution in [3.8, 4) is 0 Å². The molecule has 32 heavy (non-hydrogen) atoms. The van der Waals surface area contributed by atoms with Gasteiger partial charge in [0.1, 0.15) is 10.7 Å². The van der Waals surface area contributed by atoms with Crippen molar-refractivity contribution < 1.29 is 18.1 Å². The summed E-state index contributed by atoms with van der Waals surface area (Å²) >= 11 is 1.33. The molecule has 0 radical (unpaired) electrons. The highest BCUT2D eigenvalue weighted by Gasteiger charge is 2.32. The zero-order valence-corrected chi connectivity index (χ0v) is 19.4. The summed E-state index contributed by atoms with van der Waals surface area (Å²) in [5.74, 6) is 0.509. The minimum absolute atomic E-state index is 0.00681. The topological polar surface area (TPSA) is 127 Å². The van der Waals surface area contributed by atoms with Crippen LogP contribution in [0.3, 0.4) is 0 Å². The number of nitrogens with zero attached hydrogens (tertiary/aromatic N) is 5. The number of sulfonamides is 1. The van der Waals surface area contributed by atoms with E-state index in [0.29, 0.717) is 10.7 Å². The zero-order chi connectivity index (χ0) is 23.2. The summed E-state index contributed by atoms with van der Waals surface area (Å²) in [7, 11) is -3.80. The SMILES string of the molecule is Cc1nc(C)c2c(C)c(C(=O)N3CCN(S(=O)(=O)c4ccc([N+](=O)[O-])cc4)CC3)sc2n1. The Morgan fingerprint density at radius 1 is 1.06 bits per heavy atom. The van der Waals surface area contributed by atoms with Crippen LogP contribution in [0.25, 0.3) is 10.2 Å². The molecule has 0 atom stereocenters. The van der Waals surface area contributed by atoms with E-state index in [2.05, 4.69) is 9.97 Å². The number of fused-ring (bicyclic) bond motifs is 1. The number of piperazine rings is 1. The number of carbonyl (C=O) groups excluding carboxylic acids is 1. The summed E-state index contributed by atoms with van der Waals surface area (Å²) < 4.78 is 27.1. The van der Waals surface area contributed by atoms with E-state index in [1.54, 1.807) is 4.90 Å². The summed E-state index contributed by atoms with van der Waals surface area (Å²) in [4.78, 5) is 35.2. The minimum Gasteiger partial charge on any atom is -0.335 e. The Morgan fingerprint density at radius 3 is 2.28 bits per heavy atom. The number of rotatable bonds is 4. The van der Waals surface area contributed by atoms with E-state index in [0.717, 1.165) is 21.5 Å². The van der Waals surface area contributed by atoms with Gasteiger partial charge >= 0.3 is 0 Å². The number of amides is 1. The molecule has 1 aliphatic heterocycles. The Hall–Kier alpha value is -2.96.